The van der Waals surface area contributed by atoms with Gasteiger partial charge >= 0.3 is 5.97 Å². The molecule has 94 valence electrons. The second-order valence-electron chi connectivity index (χ2n) is 3.95. The van der Waals surface area contributed by atoms with Crippen LogP contribution in [0.1, 0.15) is 32.4 Å². The zero-order valence-electron chi connectivity index (χ0n) is 10.4. The van der Waals surface area contributed by atoms with Crippen LogP contribution < -0.4 is 10.1 Å². The van der Waals surface area contributed by atoms with E-state index in [-0.39, 0.29) is 6.04 Å². The number of carboxylic acid groups (broad SMARTS) is 1. The van der Waals surface area contributed by atoms with Crippen LogP contribution in [0.2, 0.25) is 0 Å². The zero-order chi connectivity index (χ0) is 12.8. The molecule has 0 amide bonds. The van der Waals surface area contributed by atoms with Gasteiger partial charge in [0, 0.05) is 6.04 Å². The maximum atomic E-state index is 10.7. The number of hydrogen-bond donors (Lipinski definition) is 2. The van der Waals surface area contributed by atoms with Crippen LogP contribution in [0.3, 0.4) is 0 Å². The Kier molecular flexibility index (Phi) is 4.97. The fraction of sp³-hybridized carbons (Fsp3) is 0.462. The molecule has 0 radical (unpaired) electrons. The molecule has 1 aromatic rings. The zero-order valence-corrected chi connectivity index (χ0v) is 10.4. The third-order valence-electron chi connectivity index (χ3n) is 2.53. The summed E-state index contributed by atoms with van der Waals surface area (Å²) in [7, 11) is 0. The van der Waals surface area contributed by atoms with Crippen LogP contribution in [-0.2, 0) is 4.79 Å². The van der Waals surface area contributed by atoms with Crippen LogP contribution in [0.25, 0.3) is 0 Å². The molecule has 0 fully saturated rings. The molecule has 2 unspecified atom stereocenters. The summed E-state index contributed by atoms with van der Waals surface area (Å²) < 4.78 is 5.32. The van der Waals surface area contributed by atoms with Gasteiger partial charge in [-0.15, -0.1) is 0 Å². The molecule has 1 aromatic carbocycles. The number of nitrogens with one attached hydrogen (secondary N) is 1. The van der Waals surface area contributed by atoms with Gasteiger partial charge in [0.05, 0.1) is 0 Å². The van der Waals surface area contributed by atoms with Crippen molar-refractivity contribution in [3.05, 3.63) is 29.8 Å². The second kappa shape index (κ2) is 6.25. The molecule has 0 bridgehead atoms. The van der Waals surface area contributed by atoms with Crippen molar-refractivity contribution in [1.29, 1.82) is 0 Å². The molecule has 0 saturated carbocycles. The number of aliphatic carboxylic acids is 1. The third kappa shape index (κ3) is 4.07. The topological polar surface area (TPSA) is 58.6 Å². The highest BCUT2D eigenvalue weighted by Gasteiger charge is 2.13. The Morgan fingerprint density at radius 1 is 1.47 bits per heavy atom. The van der Waals surface area contributed by atoms with E-state index in [1.165, 1.54) is 6.92 Å². The van der Waals surface area contributed by atoms with Crippen molar-refractivity contribution in [2.24, 2.45) is 0 Å². The maximum Gasteiger partial charge on any atom is 0.344 e. The number of ether oxygens (including phenoxy) is 1. The normalized spacial score (nSPS) is 14.1. The van der Waals surface area contributed by atoms with E-state index in [9.17, 15) is 4.79 Å². The lowest BCUT2D eigenvalue weighted by Gasteiger charge is -2.15. The Bertz CT molecular complexity index is 379. The minimum absolute atomic E-state index is 0.226. The van der Waals surface area contributed by atoms with Gasteiger partial charge in [0.1, 0.15) is 5.75 Å². The van der Waals surface area contributed by atoms with Gasteiger partial charge < -0.3 is 15.2 Å². The first kappa shape index (κ1) is 13.5. The second-order valence-corrected chi connectivity index (χ2v) is 3.95. The maximum absolute atomic E-state index is 10.7. The van der Waals surface area contributed by atoms with E-state index in [0.717, 1.165) is 12.1 Å². The summed E-state index contributed by atoms with van der Waals surface area (Å²) >= 11 is 0. The van der Waals surface area contributed by atoms with Gasteiger partial charge in [0.2, 0.25) is 0 Å². The lowest BCUT2D eigenvalue weighted by molar-refractivity contribution is -0.144. The van der Waals surface area contributed by atoms with E-state index < -0.39 is 12.1 Å². The molecule has 0 aromatic heterocycles. The van der Waals surface area contributed by atoms with Crippen LogP contribution in [0.5, 0.6) is 5.75 Å². The van der Waals surface area contributed by atoms with E-state index in [1.54, 1.807) is 6.07 Å². The molecular formula is C13H19NO3. The molecule has 2 N–H and O–H groups in total. The van der Waals surface area contributed by atoms with Crippen molar-refractivity contribution in [2.75, 3.05) is 6.54 Å². The summed E-state index contributed by atoms with van der Waals surface area (Å²) in [6, 6.07) is 7.72. The van der Waals surface area contributed by atoms with Crippen LogP contribution in [0.15, 0.2) is 24.3 Å². The number of hydrogen-bond acceptors (Lipinski definition) is 3. The van der Waals surface area contributed by atoms with E-state index in [1.807, 2.05) is 25.1 Å². The first-order valence-electron chi connectivity index (χ1n) is 5.77. The van der Waals surface area contributed by atoms with E-state index >= 15 is 0 Å². The van der Waals surface area contributed by atoms with Gasteiger partial charge in [-0.2, -0.15) is 0 Å². The van der Waals surface area contributed by atoms with E-state index in [2.05, 4.69) is 12.2 Å². The van der Waals surface area contributed by atoms with Crippen molar-refractivity contribution >= 4 is 5.97 Å². The molecule has 2 atom stereocenters. The van der Waals surface area contributed by atoms with Crippen LogP contribution in [0, 0.1) is 0 Å². The predicted octanol–water partition coefficient (Wildman–Crippen LogP) is 2.21. The van der Waals surface area contributed by atoms with Crippen LogP contribution in [0.4, 0.5) is 0 Å². The molecule has 0 saturated heterocycles. The first-order valence-corrected chi connectivity index (χ1v) is 5.77. The molecule has 17 heavy (non-hydrogen) atoms. The molecule has 4 heteroatoms. The largest absolute Gasteiger partial charge is 0.479 e. The molecule has 0 aliphatic carbocycles. The molecule has 0 aliphatic rings. The summed E-state index contributed by atoms with van der Waals surface area (Å²) in [4.78, 5) is 10.7. The van der Waals surface area contributed by atoms with Crippen LogP contribution in [-0.4, -0.2) is 23.7 Å². The highest BCUT2D eigenvalue weighted by Crippen LogP contribution is 2.19. The molecule has 0 heterocycles. The van der Waals surface area contributed by atoms with E-state index in [4.69, 9.17) is 9.84 Å². The molecule has 0 spiro atoms. The highest BCUT2D eigenvalue weighted by molar-refractivity contribution is 5.72. The summed E-state index contributed by atoms with van der Waals surface area (Å²) in [6.07, 6.45) is -0.834. The van der Waals surface area contributed by atoms with Gasteiger partial charge in [0.15, 0.2) is 6.10 Å². The Labute approximate surface area is 102 Å². The number of carbonyl (C=O) groups is 1. The number of benzene rings is 1. The molecule has 0 aliphatic heterocycles. The SMILES string of the molecule is CCNC(C)c1cccc(OC(C)C(=O)O)c1. The standard InChI is InChI=1S/C13H19NO3/c1-4-14-9(2)11-6-5-7-12(8-11)17-10(3)13(15)16/h5-10,14H,4H2,1-3H3,(H,15,16). The molecule has 1 rings (SSSR count). The summed E-state index contributed by atoms with van der Waals surface area (Å²) in [5, 5.41) is 12.1. The fourth-order valence-corrected chi connectivity index (χ4v) is 1.54. The minimum Gasteiger partial charge on any atom is -0.479 e. The third-order valence-corrected chi connectivity index (χ3v) is 2.53. The number of carboxylic acids is 1. The van der Waals surface area contributed by atoms with Gasteiger partial charge in [-0.05, 0) is 38.1 Å². The first-order chi connectivity index (χ1) is 8.04. The Morgan fingerprint density at radius 3 is 2.76 bits per heavy atom. The summed E-state index contributed by atoms with van der Waals surface area (Å²) in [5.74, 6) is -0.378. The molecular weight excluding hydrogens is 218 g/mol. The lowest BCUT2D eigenvalue weighted by atomic mass is 10.1. The van der Waals surface area contributed by atoms with Gasteiger partial charge in [-0.3, -0.25) is 0 Å². The minimum atomic E-state index is -0.963. The summed E-state index contributed by atoms with van der Waals surface area (Å²) in [5.41, 5.74) is 1.09. The monoisotopic (exact) mass is 237 g/mol. The van der Waals surface area contributed by atoms with Crippen molar-refractivity contribution < 1.29 is 14.6 Å². The quantitative estimate of drug-likeness (QED) is 0.796. The Hall–Kier alpha value is -1.55. The van der Waals surface area contributed by atoms with Crippen molar-refractivity contribution in [1.82, 2.24) is 5.32 Å². The average Bonchev–Trinajstić information content (AvgIpc) is 2.29. The van der Waals surface area contributed by atoms with Gasteiger partial charge in [-0.1, -0.05) is 19.1 Å². The van der Waals surface area contributed by atoms with Crippen molar-refractivity contribution in [2.45, 2.75) is 32.9 Å². The van der Waals surface area contributed by atoms with Crippen molar-refractivity contribution in [3.8, 4) is 5.75 Å². The highest BCUT2D eigenvalue weighted by atomic mass is 16.5. The number of rotatable bonds is 6. The van der Waals surface area contributed by atoms with Crippen molar-refractivity contribution in [3.63, 3.8) is 0 Å². The molecule has 4 nitrogen and oxygen atoms in total. The van der Waals surface area contributed by atoms with E-state index in [0.29, 0.717) is 5.75 Å². The smallest absolute Gasteiger partial charge is 0.344 e. The van der Waals surface area contributed by atoms with Gasteiger partial charge in [-0.25, -0.2) is 4.79 Å². The average molecular weight is 237 g/mol. The lowest BCUT2D eigenvalue weighted by Crippen LogP contribution is -2.23. The summed E-state index contributed by atoms with van der Waals surface area (Å²) in [6.45, 7) is 6.51. The Balaban J connectivity index is 2.75. The van der Waals surface area contributed by atoms with Crippen LogP contribution >= 0.6 is 0 Å². The predicted molar refractivity (Wildman–Crippen MR) is 66.3 cm³/mol. The van der Waals surface area contributed by atoms with Gasteiger partial charge in [0.25, 0.3) is 0 Å². The Morgan fingerprint density at radius 2 is 2.18 bits per heavy atom. The fourth-order valence-electron chi connectivity index (χ4n) is 1.54.